The standard InChI is InChI=1S/C46H48ClN9O7S/c1-46(2)17-14-32(37(26-46)31-6-8-33(47)9-7-31)29-53-20-22-54(23-21-53)34-10-12-36(43(24-34)63-42-5-3-4-39-38(42)28-49-51-39)44(57)52-64(61,62)35-11-13-40(41(25-35)56(59)60)50-45(58)55-18-15-30(27-48)16-19-55/h3-13,24-25,28,30H,14-23,26,29H2,1-2H3,(H,49,51)(H,50,58)(H,52,57). The molecule has 18 heteroatoms. The van der Waals surface area contributed by atoms with Crippen molar-refractivity contribution in [3.8, 4) is 17.6 Å². The zero-order valence-corrected chi connectivity index (χ0v) is 37.0. The van der Waals surface area contributed by atoms with Crippen molar-refractivity contribution in [3.05, 3.63) is 117 Å². The highest BCUT2D eigenvalue weighted by molar-refractivity contribution is 7.90. The number of allylic oxidation sites excluding steroid dienone is 1. The lowest BCUT2D eigenvalue weighted by atomic mass is 9.72. The van der Waals surface area contributed by atoms with Crippen LogP contribution in [0, 0.1) is 32.8 Å². The number of rotatable bonds is 11. The van der Waals surface area contributed by atoms with Crippen molar-refractivity contribution in [3.63, 3.8) is 0 Å². The molecule has 0 atom stereocenters. The number of H-pyrrole nitrogens is 1. The summed E-state index contributed by atoms with van der Waals surface area (Å²) in [4.78, 5) is 43.8. The molecule has 5 aromatic rings. The Morgan fingerprint density at radius 1 is 1.00 bits per heavy atom. The van der Waals surface area contributed by atoms with Crippen molar-refractivity contribution in [2.75, 3.05) is 56.0 Å². The summed E-state index contributed by atoms with van der Waals surface area (Å²) in [5.41, 5.74) is 4.74. The van der Waals surface area contributed by atoms with Crippen molar-refractivity contribution in [2.24, 2.45) is 11.3 Å². The number of nitro benzene ring substituents is 1. The summed E-state index contributed by atoms with van der Waals surface area (Å²) in [6.45, 7) is 9.07. The van der Waals surface area contributed by atoms with Gasteiger partial charge in [0.25, 0.3) is 21.6 Å². The van der Waals surface area contributed by atoms with Gasteiger partial charge in [-0.2, -0.15) is 10.4 Å². The van der Waals surface area contributed by atoms with Gasteiger partial charge in [0.05, 0.1) is 38.6 Å². The summed E-state index contributed by atoms with van der Waals surface area (Å²) in [5.74, 6) is -0.725. The van der Waals surface area contributed by atoms with Crippen molar-refractivity contribution in [1.29, 1.82) is 5.26 Å². The van der Waals surface area contributed by atoms with Gasteiger partial charge in [0.1, 0.15) is 17.2 Å². The number of piperazine rings is 1. The van der Waals surface area contributed by atoms with Gasteiger partial charge in [-0.1, -0.05) is 49.2 Å². The highest BCUT2D eigenvalue weighted by Crippen LogP contribution is 2.43. The maximum atomic E-state index is 14.0. The Morgan fingerprint density at radius 3 is 2.47 bits per heavy atom. The summed E-state index contributed by atoms with van der Waals surface area (Å²) in [7, 11) is -4.69. The normalized spacial score (nSPS) is 17.2. The summed E-state index contributed by atoms with van der Waals surface area (Å²) < 4.78 is 35.9. The Labute approximate surface area is 376 Å². The molecule has 0 unspecified atom stereocenters. The Morgan fingerprint density at radius 2 is 1.75 bits per heavy atom. The van der Waals surface area contributed by atoms with Crippen molar-refractivity contribution >= 4 is 67.1 Å². The molecule has 2 saturated heterocycles. The van der Waals surface area contributed by atoms with E-state index < -0.39 is 37.5 Å². The van der Waals surface area contributed by atoms with Gasteiger partial charge in [0, 0.05) is 74.6 Å². The first-order valence-corrected chi connectivity index (χ1v) is 23.0. The molecule has 1 aromatic heterocycles. The van der Waals surface area contributed by atoms with Crippen LogP contribution >= 0.6 is 11.6 Å². The molecule has 0 bridgehead atoms. The number of fused-ring (bicyclic) bond motifs is 1. The number of benzene rings is 4. The number of urea groups is 1. The number of nitrogens with zero attached hydrogens (tertiary/aromatic N) is 6. The van der Waals surface area contributed by atoms with Gasteiger partial charge in [-0.05, 0) is 97.2 Å². The van der Waals surface area contributed by atoms with E-state index in [1.54, 1.807) is 30.5 Å². The molecule has 4 aromatic carbocycles. The van der Waals surface area contributed by atoms with Gasteiger partial charge < -0.3 is 19.9 Å². The van der Waals surface area contributed by atoms with Gasteiger partial charge >= 0.3 is 6.03 Å². The molecule has 0 saturated carbocycles. The Kier molecular flexibility index (Phi) is 12.6. The van der Waals surface area contributed by atoms with Crippen LogP contribution in [0.25, 0.3) is 16.5 Å². The Balaban J connectivity index is 1.01. The topological polar surface area (TPSA) is 207 Å². The number of nitrogens with one attached hydrogen (secondary N) is 3. The van der Waals surface area contributed by atoms with E-state index in [2.05, 4.69) is 62.1 Å². The van der Waals surface area contributed by atoms with Crippen LogP contribution < -0.4 is 19.7 Å². The lowest BCUT2D eigenvalue weighted by Crippen LogP contribution is -2.47. The first kappa shape index (κ1) is 44.1. The summed E-state index contributed by atoms with van der Waals surface area (Å²) >= 11 is 6.24. The largest absolute Gasteiger partial charge is 0.456 e. The van der Waals surface area contributed by atoms with Crippen LogP contribution in [0.15, 0.2) is 95.5 Å². The van der Waals surface area contributed by atoms with Gasteiger partial charge in [0.2, 0.25) is 0 Å². The van der Waals surface area contributed by atoms with Crippen LogP contribution in [0.5, 0.6) is 11.5 Å². The number of anilines is 2. The fourth-order valence-corrected chi connectivity index (χ4v) is 9.72. The number of sulfonamides is 1. The maximum absolute atomic E-state index is 14.0. The van der Waals surface area contributed by atoms with E-state index in [-0.39, 0.29) is 28.3 Å². The number of halogens is 1. The molecule has 16 nitrogen and oxygen atoms in total. The van der Waals surface area contributed by atoms with E-state index in [1.165, 1.54) is 27.7 Å². The third-order valence-corrected chi connectivity index (χ3v) is 13.9. The number of hydrogen-bond acceptors (Lipinski definition) is 11. The minimum absolute atomic E-state index is 0.0896. The molecule has 3 heterocycles. The van der Waals surface area contributed by atoms with Gasteiger partial charge in [-0.15, -0.1) is 0 Å². The molecule has 2 aliphatic heterocycles. The van der Waals surface area contributed by atoms with Crippen molar-refractivity contribution < 1.29 is 27.7 Å². The zero-order chi connectivity index (χ0) is 45.2. The van der Waals surface area contributed by atoms with E-state index in [0.29, 0.717) is 60.7 Å². The lowest BCUT2D eigenvalue weighted by Gasteiger charge is -2.39. The third kappa shape index (κ3) is 9.84. The van der Waals surface area contributed by atoms with E-state index in [4.69, 9.17) is 16.3 Å². The number of likely N-dealkylation sites (tertiary alicyclic amines) is 1. The van der Waals surface area contributed by atoms with Crippen LogP contribution in [0.2, 0.25) is 5.02 Å². The zero-order valence-electron chi connectivity index (χ0n) is 35.5. The van der Waals surface area contributed by atoms with Crippen LogP contribution in [0.3, 0.4) is 0 Å². The van der Waals surface area contributed by atoms with Crippen molar-refractivity contribution in [1.82, 2.24) is 24.7 Å². The molecular formula is C46H48ClN9O7S. The molecule has 3 aliphatic rings. The molecule has 3 N–H and O–H groups in total. The van der Waals surface area contributed by atoms with Crippen LogP contribution in [0.4, 0.5) is 21.9 Å². The predicted octanol–water partition coefficient (Wildman–Crippen LogP) is 8.59. The predicted molar refractivity (Wildman–Crippen MR) is 244 cm³/mol. The number of aromatic nitrogens is 2. The lowest BCUT2D eigenvalue weighted by molar-refractivity contribution is -0.384. The molecule has 0 radical (unpaired) electrons. The second-order valence-corrected chi connectivity index (χ2v) is 19.4. The highest BCUT2D eigenvalue weighted by Gasteiger charge is 2.31. The molecule has 1 aliphatic carbocycles. The monoisotopic (exact) mass is 905 g/mol. The molecule has 332 valence electrons. The summed E-state index contributed by atoms with van der Waals surface area (Å²) in [5, 5.41) is 32.2. The molecule has 64 heavy (non-hydrogen) atoms. The summed E-state index contributed by atoms with van der Waals surface area (Å²) in [6.07, 6.45) is 5.68. The number of nitriles is 1. The van der Waals surface area contributed by atoms with E-state index in [9.17, 15) is 33.4 Å². The number of ether oxygens (including phenoxy) is 1. The van der Waals surface area contributed by atoms with Crippen LogP contribution in [0.1, 0.15) is 61.9 Å². The van der Waals surface area contributed by atoms with E-state index in [1.807, 2.05) is 18.2 Å². The number of carbonyl (C=O) groups is 2. The number of nitro groups is 1. The second kappa shape index (κ2) is 18.3. The number of hydrogen-bond donors (Lipinski definition) is 3. The minimum atomic E-state index is -4.69. The third-order valence-electron chi connectivity index (χ3n) is 12.3. The maximum Gasteiger partial charge on any atom is 0.322 e. The number of piperidine rings is 1. The first-order valence-electron chi connectivity index (χ1n) is 21.2. The van der Waals surface area contributed by atoms with Gasteiger partial charge in [-0.25, -0.2) is 17.9 Å². The molecular weight excluding hydrogens is 858 g/mol. The van der Waals surface area contributed by atoms with Crippen molar-refractivity contribution in [2.45, 2.75) is 50.8 Å². The average Bonchev–Trinajstić information content (AvgIpc) is 3.77. The van der Waals surface area contributed by atoms with Crippen LogP contribution in [-0.2, 0) is 10.0 Å². The van der Waals surface area contributed by atoms with E-state index >= 15 is 0 Å². The fourth-order valence-electron chi connectivity index (χ4n) is 8.60. The molecule has 3 amide bonds. The molecule has 2 fully saturated rings. The fraction of sp³-hybridized carbons (Fsp3) is 0.348. The van der Waals surface area contributed by atoms with Gasteiger partial charge in [0.15, 0.2) is 0 Å². The van der Waals surface area contributed by atoms with Gasteiger partial charge in [-0.3, -0.25) is 24.9 Å². The molecule has 0 spiro atoms. The quantitative estimate of drug-likeness (QED) is 0.0845. The molecule has 8 rings (SSSR count). The van der Waals surface area contributed by atoms with E-state index in [0.717, 1.165) is 62.8 Å². The Bertz CT molecular complexity index is 2790. The Hall–Kier alpha value is -6.48. The second-order valence-electron chi connectivity index (χ2n) is 17.3. The average molecular weight is 906 g/mol. The highest BCUT2D eigenvalue weighted by atomic mass is 35.5. The number of aromatic amines is 1. The van der Waals surface area contributed by atoms with Crippen LogP contribution in [-0.4, -0.2) is 91.1 Å². The minimum Gasteiger partial charge on any atom is -0.456 e. The smallest absolute Gasteiger partial charge is 0.322 e. The SMILES string of the molecule is CC1(C)CCC(CN2CCN(c3ccc(C(=O)NS(=O)(=O)c4ccc(NC(=O)N5CCC(C#N)CC5)c([N+](=O)[O-])c4)c(Oc4cccc5[nH]ncc45)c3)CC2)=C(c2ccc(Cl)cc2)C1. The number of carbonyl (C=O) groups excluding carboxylic acids is 2. The summed E-state index contributed by atoms with van der Waals surface area (Å²) in [6, 6.07) is 22.9. The first-order chi connectivity index (χ1) is 30.7. The number of amides is 3.